The Balaban J connectivity index is 2.07. The lowest BCUT2D eigenvalue weighted by molar-refractivity contribution is -0.0846. The van der Waals surface area contributed by atoms with Crippen molar-refractivity contribution in [1.82, 2.24) is 0 Å². The average molecular weight is 278 g/mol. The summed E-state index contributed by atoms with van der Waals surface area (Å²) in [7, 11) is 0. The number of aliphatic hydroxyl groups excluding tert-OH is 1. The van der Waals surface area contributed by atoms with Crippen LogP contribution in [0.4, 0.5) is 0 Å². The Kier molecular flexibility index (Phi) is 4.12. The zero-order valence-corrected chi connectivity index (χ0v) is 13.1. The topological polar surface area (TPSA) is 38.7 Å². The number of ether oxygens (including phenoxy) is 2. The van der Waals surface area contributed by atoms with Crippen LogP contribution in [0.15, 0.2) is 24.3 Å². The number of benzene rings is 1. The van der Waals surface area contributed by atoms with E-state index in [2.05, 4.69) is 27.7 Å². The van der Waals surface area contributed by atoms with Gasteiger partial charge in [0.05, 0.1) is 11.7 Å². The van der Waals surface area contributed by atoms with Crippen molar-refractivity contribution >= 4 is 0 Å². The van der Waals surface area contributed by atoms with E-state index in [1.807, 2.05) is 31.2 Å². The van der Waals surface area contributed by atoms with Crippen molar-refractivity contribution in [2.45, 2.75) is 70.9 Å². The van der Waals surface area contributed by atoms with Gasteiger partial charge in [0, 0.05) is 6.42 Å². The Morgan fingerprint density at radius 3 is 2.30 bits per heavy atom. The predicted octanol–water partition coefficient (Wildman–Crippen LogP) is 3.85. The second-order valence-corrected chi connectivity index (χ2v) is 6.77. The molecular formula is C17H26O3. The zero-order chi connectivity index (χ0) is 15.0. The molecule has 0 spiro atoms. The highest BCUT2D eigenvalue weighted by molar-refractivity contribution is 5.29. The van der Waals surface area contributed by atoms with Crippen molar-refractivity contribution in [3.05, 3.63) is 29.8 Å². The number of aliphatic hydroxyl groups is 1. The Morgan fingerprint density at radius 1 is 1.25 bits per heavy atom. The number of hydrogen-bond donors (Lipinski definition) is 1. The number of rotatable bonds is 4. The van der Waals surface area contributed by atoms with Crippen LogP contribution in [-0.4, -0.2) is 22.4 Å². The van der Waals surface area contributed by atoms with Crippen LogP contribution in [-0.2, 0) is 4.74 Å². The van der Waals surface area contributed by atoms with Gasteiger partial charge in [0.25, 0.3) is 0 Å². The van der Waals surface area contributed by atoms with E-state index < -0.39 is 6.10 Å². The molecule has 3 heteroatoms. The van der Waals surface area contributed by atoms with Crippen molar-refractivity contribution < 1.29 is 14.6 Å². The van der Waals surface area contributed by atoms with E-state index in [-0.39, 0.29) is 17.3 Å². The molecule has 1 aliphatic rings. The largest absolute Gasteiger partial charge is 0.487 e. The van der Waals surface area contributed by atoms with Crippen molar-refractivity contribution in [2.75, 3.05) is 0 Å². The van der Waals surface area contributed by atoms with Gasteiger partial charge in [-0.3, -0.25) is 0 Å². The average Bonchev–Trinajstić information content (AvgIpc) is 2.57. The molecule has 1 heterocycles. The molecule has 0 amide bonds. The first kappa shape index (κ1) is 15.3. The highest BCUT2D eigenvalue weighted by Gasteiger charge is 2.47. The quantitative estimate of drug-likeness (QED) is 0.909. The Hall–Kier alpha value is -1.06. The van der Waals surface area contributed by atoms with E-state index in [0.29, 0.717) is 0 Å². The van der Waals surface area contributed by atoms with Gasteiger partial charge in [0.15, 0.2) is 0 Å². The minimum Gasteiger partial charge on any atom is -0.487 e. The van der Waals surface area contributed by atoms with Crippen LogP contribution >= 0.6 is 0 Å². The van der Waals surface area contributed by atoms with E-state index in [1.54, 1.807) is 0 Å². The lowest BCUT2D eigenvalue weighted by atomic mass is 9.97. The van der Waals surface area contributed by atoms with Gasteiger partial charge in [0.1, 0.15) is 17.5 Å². The minimum atomic E-state index is -0.394. The molecule has 2 atom stereocenters. The van der Waals surface area contributed by atoms with E-state index >= 15 is 0 Å². The number of hydrogen-bond acceptors (Lipinski definition) is 3. The molecule has 0 aliphatic carbocycles. The van der Waals surface area contributed by atoms with Gasteiger partial charge in [-0.25, -0.2) is 0 Å². The summed E-state index contributed by atoms with van der Waals surface area (Å²) in [5, 5.41) is 9.80. The molecule has 0 radical (unpaired) electrons. The van der Waals surface area contributed by atoms with Gasteiger partial charge in [0.2, 0.25) is 0 Å². The van der Waals surface area contributed by atoms with Gasteiger partial charge in [-0.15, -0.1) is 0 Å². The highest BCUT2D eigenvalue weighted by atomic mass is 16.6. The van der Waals surface area contributed by atoms with Crippen LogP contribution in [0.2, 0.25) is 0 Å². The molecule has 0 saturated carbocycles. The first-order valence-electron chi connectivity index (χ1n) is 7.38. The van der Waals surface area contributed by atoms with Gasteiger partial charge in [-0.2, -0.15) is 0 Å². The standard InChI is InChI=1S/C17H26O3/c1-6-14(18)12-7-9-13(10-8-12)19-15-11-16(2,3)20-17(15,4)5/h7-10,14-15,18H,6,11H2,1-5H3/t14-,15?/m0/s1. The van der Waals surface area contributed by atoms with Crippen molar-refractivity contribution in [1.29, 1.82) is 0 Å². The van der Waals surface area contributed by atoms with Crippen LogP contribution in [0.5, 0.6) is 5.75 Å². The summed E-state index contributed by atoms with van der Waals surface area (Å²) in [6, 6.07) is 7.71. The molecule has 20 heavy (non-hydrogen) atoms. The Bertz CT molecular complexity index is 448. The van der Waals surface area contributed by atoms with Crippen LogP contribution in [0.3, 0.4) is 0 Å². The molecule has 112 valence electrons. The van der Waals surface area contributed by atoms with Crippen molar-refractivity contribution in [3.8, 4) is 5.75 Å². The molecule has 1 aliphatic heterocycles. The predicted molar refractivity (Wildman–Crippen MR) is 80.0 cm³/mol. The molecule has 1 fully saturated rings. The van der Waals surface area contributed by atoms with E-state index in [4.69, 9.17) is 9.47 Å². The van der Waals surface area contributed by atoms with Gasteiger partial charge in [-0.05, 0) is 51.8 Å². The molecule has 0 bridgehead atoms. The zero-order valence-electron chi connectivity index (χ0n) is 13.1. The smallest absolute Gasteiger partial charge is 0.130 e. The fourth-order valence-corrected chi connectivity index (χ4v) is 2.86. The third kappa shape index (κ3) is 3.33. The molecule has 1 N–H and O–H groups in total. The molecule has 1 unspecified atom stereocenters. The summed E-state index contributed by atoms with van der Waals surface area (Å²) >= 11 is 0. The maximum Gasteiger partial charge on any atom is 0.130 e. The van der Waals surface area contributed by atoms with Crippen LogP contribution in [0.25, 0.3) is 0 Å². The molecule has 1 aromatic rings. The van der Waals surface area contributed by atoms with E-state index in [9.17, 15) is 5.11 Å². The van der Waals surface area contributed by atoms with Gasteiger partial charge < -0.3 is 14.6 Å². The van der Waals surface area contributed by atoms with Crippen LogP contribution < -0.4 is 4.74 Å². The fourth-order valence-electron chi connectivity index (χ4n) is 2.86. The van der Waals surface area contributed by atoms with E-state index in [0.717, 1.165) is 24.2 Å². The summed E-state index contributed by atoms with van der Waals surface area (Å²) in [4.78, 5) is 0. The summed E-state index contributed by atoms with van der Waals surface area (Å²) in [5.41, 5.74) is 0.500. The van der Waals surface area contributed by atoms with Crippen molar-refractivity contribution in [3.63, 3.8) is 0 Å². The monoisotopic (exact) mass is 278 g/mol. The maximum absolute atomic E-state index is 9.80. The summed E-state index contributed by atoms with van der Waals surface area (Å²) in [6.07, 6.45) is 1.24. The Morgan fingerprint density at radius 2 is 1.85 bits per heavy atom. The second-order valence-electron chi connectivity index (χ2n) is 6.77. The maximum atomic E-state index is 9.80. The molecular weight excluding hydrogens is 252 g/mol. The lowest BCUT2D eigenvalue weighted by Crippen LogP contribution is -2.36. The van der Waals surface area contributed by atoms with E-state index in [1.165, 1.54) is 0 Å². The summed E-state index contributed by atoms with van der Waals surface area (Å²) in [6.45, 7) is 10.3. The lowest BCUT2D eigenvalue weighted by Gasteiger charge is -2.27. The summed E-state index contributed by atoms with van der Waals surface area (Å²) < 4.78 is 12.1. The van der Waals surface area contributed by atoms with Crippen molar-refractivity contribution in [2.24, 2.45) is 0 Å². The molecule has 1 saturated heterocycles. The third-order valence-electron chi connectivity index (χ3n) is 3.92. The SMILES string of the molecule is CC[C@H](O)c1ccc(OC2CC(C)(C)OC2(C)C)cc1. The molecule has 2 rings (SSSR count). The first-order valence-corrected chi connectivity index (χ1v) is 7.38. The van der Waals surface area contributed by atoms with Gasteiger partial charge in [-0.1, -0.05) is 19.1 Å². The first-order chi connectivity index (χ1) is 9.23. The molecule has 3 nitrogen and oxygen atoms in total. The third-order valence-corrected chi connectivity index (χ3v) is 3.92. The Labute approximate surface area is 121 Å². The summed E-state index contributed by atoms with van der Waals surface area (Å²) in [5.74, 6) is 0.830. The van der Waals surface area contributed by atoms with Crippen LogP contribution in [0, 0.1) is 0 Å². The van der Waals surface area contributed by atoms with Gasteiger partial charge >= 0.3 is 0 Å². The second kappa shape index (κ2) is 5.38. The fraction of sp³-hybridized carbons (Fsp3) is 0.647. The highest BCUT2D eigenvalue weighted by Crippen LogP contribution is 2.39. The molecule has 0 aromatic heterocycles. The molecule has 1 aromatic carbocycles. The normalized spacial score (nSPS) is 25.4. The van der Waals surface area contributed by atoms with Crippen LogP contribution in [0.1, 0.15) is 59.1 Å². The minimum absolute atomic E-state index is 0.0412.